The van der Waals surface area contributed by atoms with Gasteiger partial charge in [0.1, 0.15) is 17.3 Å². The number of rotatable bonds is 2. The molecule has 4 heteroatoms. The van der Waals surface area contributed by atoms with Gasteiger partial charge in [-0.25, -0.2) is 14.4 Å². The van der Waals surface area contributed by atoms with Crippen LogP contribution in [0.25, 0.3) is 11.3 Å². The lowest BCUT2D eigenvalue weighted by atomic mass is 9.97. The monoisotopic (exact) mass is 264 g/mol. The van der Waals surface area contributed by atoms with Crippen LogP contribution in [0.2, 0.25) is 5.15 Å². The van der Waals surface area contributed by atoms with Gasteiger partial charge in [-0.05, 0) is 25.0 Å². The highest BCUT2D eigenvalue weighted by Crippen LogP contribution is 2.33. The fourth-order valence-electron chi connectivity index (χ4n) is 1.92. The SMILES string of the molecule is Cc1ccc(F)c(-c2ncnc(Cl)c2C(C)C)c1. The first-order valence-corrected chi connectivity index (χ1v) is 6.15. The maximum atomic E-state index is 13.9. The molecule has 0 unspecified atom stereocenters. The summed E-state index contributed by atoms with van der Waals surface area (Å²) in [7, 11) is 0. The van der Waals surface area contributed by atoms with Crippen LogP contribution in [0.4, 0.5) is 4.39 Å². The van der Waals surface area contributed by atoms with Gasteiger partial charge < -0.3 is 0 Å². The number of nitrogens with zero attached hydrogens (tertiary/aromatic N) is 2. The van der Waals surface area contributed by atoms with Crippen LogP contribution in [0.1, 0.15) is 30.9 Å². The molecule has 0 radical (unpaired) electrons. The summed E-state index contributed by atoms with van der Waals surface area (Å²) in [5.41, 5.74) is 2.81. The lowest BCUT2D eigenvalue weighted by Gasteiger charge is -2.13. The van der Waals surface area contributed by atoms with E-state index in [9.17, 15) is 4.39 Å². The Morgan fingerprint density at radius 2 is 1.94 bits per heavy atom. The van der Waals surface area contributed by atoms with Crippen molar-refractivity contribution in [3.63, 3.8) is 0 Å². The zero-order valence-electron chi connectivity index (χ0n) is 10.5. The molecular weight excluding hydrogens is 251 g/mol. The van der Waals surface area contributed by atoms with Crippen molar-refractivity contribution in [3.8, 4) is 11.3 Å². The molecule has 2 rings (SSSR count). The molecule has 1 aromatic heterocycles. The highest BCUT2D eigenvalue weighted by atomic mass is 35.5. The molecular formula is C14H14ClFN2. The van der Waals surface area contributed by atoms with E-state index in [2.05, 4.69) is 9.97 Å². The number of hydrogen-bond acceptors (Lipinski definition) is 2. The van der Waals surface area contributed by atoms with Crippen LogP contribution in [0.3, 0.4) is 0 Å². The number of aryl methyl sites for hydroxylation is 1. The Morgan fingerprint density at radius 3 is 2.61 bits per heavy atom. The fraction of sp³-hybridized carbons (Fsp3) is 0.286. The maximum absolute atomic E-state index is 13.9. The molecule has 1 aromatic carbocycles. The van der Waals surface area contributed by atoms with Gasteiger partial charge in [-0.3, -0.25) is 0 Å². The molecule has 94 valence electrons. The third-order valence-corrected chi connectivity index (χ3v) is 3.09. The van der Waals surface area contributed by atoms with Gasteiger partial charge in [-0.2, -0.15) is 0 Å². The average Bonchev–Trinajstić information content (AvgIpc) is 2.31. The van der Waals surface area contributed by atoms with Crippen LogP contribution in [0, 0.1) is 12.7 Å². The van der Waals surface area contributed by atoms with Crippen molar-refractivity contribution in [1.29, 1.82) is 0 Å². The normalized spacial score (nSPS) is 11.0. The van der Waals surface area contributed by atoms with Crippen LogP contribution in [-0.4, -0.2) is 9.97 Å². The minimum absolute atomic E-state index is 0.133. The molecule has 0 N–H and O–H groups in total. The first kappa shape index (κ1) is 13.0. The fourth-order valence-corrected chi connectivity index (χ4v) is 2.27. The van der Waals surface area contributed by atoms with E-state index < -0.39 is 0 Å². The van der Waals surface area contributed by atoms with E-state index in [0.717, 1.165) is 11.1 Å². The van der Waals surface area contributed by atoms with Crippen molar-refractivity contribution in [2.75, 3.05) is 0 Å². The number of halogens is 2. The summed E-state index contributed by atoms with van der Waals surface area (Å²) in [5, 5.41) is 0.385. The van der Waals surface area contributed by atoms with Crippen LogP contribution < -0.4 is 0 Å². The molecule has 0 saturated heterocycles. The second-order valence-corrected chi connectivity index (χ2v) is 4.92. The van der Waals surface area contributed by atoms with E-state index in [4.69, 9.17) is 11.6 Å². The van der Waals surface area contributed by atoms with Gasteiger partial charge in [0.25, 0.3) is 0 Å². The highest BCUT2D eigenvalue weighted by molar-refractivity contribution is 6.30. The Labute approximate surface area is 111 Å². The molecule has 0 aliphatic heterocycles. The zero-order chi connectivity index (χ0) is 13.3. The Balaban J connectivity index is 2.71. The van der Waals surface area contributed by atoms with Crippen molar-refractivity contribution in [3.05, 3.63) is 46.6 Å². The highest BCUT2D eigenvalue weighted by Gasteiger charge is 2.17. The summed E-state index contributed by atoms with van der Waals surface area (Å²) in [5.74, 6) is -0.161. The van der Waals surface area contributed by atoms with Crippen molar-refractivity contribution >= 4 is 11.6 Å². The second kappa shape index (κ2) is 5.02. The van der Waals surface area contributed by atoms with Crippen molar-refractivity contribution in [2.45, 2.75) is 26.7 Å². The number of aromatic nitrogens is 2. The Bertz CT molecular complexity index is 582. The van der Waals surface area contributed by atoms with Gasteiger partial charge in [-0.15, -0.1) is 0 Å². The predicted molar refractivity (Wildman–Crippen MR) is 71.3 cm³/mol. The van der Waals surface area contributed by atoms with E-state index in [-0.39, 0.29) is 11.7 Å². The van der Waals surface area contributed by atoms with Crippen LogP contribution in [-0.2, 0) is 0 Å². The molecule has 1 heterocycles. The molecule has 0 spiro atoms. The second-order valence-electron chi connectivity index (χ2n) is 4.56. The summed E-state index contributed by atoms with van der Waals surface area (Å²) in [6, 6.07) is 4.96. The predicted octanol–water partition coefficient (Wildman–Crippen LogP) is 4.37. The molecule has 18 heavy (non-hydrogen) atoms. The Morgan fingerprint density at radius 1 is 1.22 bits per heavy atom. The van der Waals surface area contributed by atoms with Gasteiger partial charge >= 0.3 is 0 Å². The molecule has 0 aliphatic carbocycles. The third-order valence-electron chi connectivity index (χ3n) is 2.79. The molecule has 0 aliphatic rings. The van der Waals surface area contributed by atoms with Crippen LogP contribution in [0.5, 0.6) is 0 Å². The van der Waals surface area contributed by atoms with E-state index in [1.807, 2.05) is 20.8 Å². The Hall–Kier alpha value is -1.48. The first-order valence-electron chi connectivity index (χ1n) is 5.77. The van der Waals surface area contributed by atoms with Crippen molar-refractivity contribution < 1.29 is 4.39 Å². The molecule has 0 saturated carbocycles. The number of hydrogen-bond donors (Lipinski definition) is 0. The molecule has 0 bridgehead atoms. The molecule has 2 nitrogen and oxygen atoms in total. The quantitative estimate of drug-likeness (QED) is 0.753. The maximum Gasteiger partial charge on any atom is 0.136 e. The summed E-state index contributed by atoms with van der Waals surface area (Å²) < 4.78 is 13.9. The first-order chi connectivity index (χ1) is 8.50. The summed E-state index contributed by atoms with van der Waals surface area (Å²) in [6.07, 6.45) is 1.37. The zero-order valence-corrected chi connectivity index (χ0v) is 11.3. The molecule has 0 fully saturated rings. The van der Waals surface area contributed by atoms with Crippen LogP contribution in [0.15, 0.2) is 24.5 Å². The number of benzene rings is 1. The van der Waals surface area contributed by atoms with E-state index in [1.165, 1.54) is 12.4 Å². The lowest BCUT2D eigenvalue weighted by Crippen LogP contribution is -2.00. The van der Waals surface area contributed by atoms with E-state index in [0.29, 0.717) is 16.4 Å². The van der Waals surface area contributed by atoms with Gasteiger partial charge in [-0.1, -0.05) is 37.1 Å². The van der Waals surface area contributed by atoms with Gasteiger partial charge in [0.2, 0.25) is 0 Å². The van der Waals surface area contributed by atoms with Gasteiger partial charge in [0.15, 0.2) is 0 Å². The summed E-state index contributed by atoms with van der Waals surface area (Å²) in [6.45, 7) is 5.89. The largest absolute Gasteiger partial charge is 0.236 e. The summed E-state index contributed by atoms with van der Waals surface area (Å²) >= 11 is 6.09. The topological polar surface area (TPSA) is 25.8 Å². The standard InChI is InChI=1S/C14H14ClFN2/c1-8(2)12-13(17-7-18-14(12)15)10-6-9(3)4-5-11(10)16/h4-8H,1-3H3. The minimum atomic E-state index is -0.294. The third kappa shape index (κ3) is 2.36. The Kier molecular flexibility index (Phi) is 3.62. The van der Waals surface area contributed by atoms with E-state index in [1.54, 1.807) is 12.1 Å². The molecule has 0 amide bonds. The smallest absolute Gasteiger partial charge is 0.136 e. The van der Waals surface area contributed by atoms with E-state index >= 15 is 0 Å². The minimum Gasteiger partial charge on any atom is -0.236 e. The summed E-state index contributed by atoms with van der Waals surface area (Å²) in [4.78, 5) is 8.17. The molecule has 0 atom stereocenters. The average molecular weight is 265 g/mol. The van der Waals surface area contributed by atoms with Crippen molar-refractivity contribution in [1.82, 2.24) is 9.97 Å². The van der Waals surface area contributed by atoms with Gasteiger partial charge in [0.05, 0.1) is 5.69 Å². The molecule has 2 aromatic rings. The van der Waals surface area contributed by atoms with Gasteiger partial charge in [0, 0.05) is 11.1 Å². The lowest BCUT2D eigenvalue weighted by molar-refractivity contribution is 0.629. The van der Waals surface area contributed by atoms with Crippen LogP contribution >= 0.6 is 11.6 Å². The van der Waals surface area contributed by atoms with Crippen molar-refractivity contribution in [2.24, 2.45) is 0 Å².